The Balaban J connectivity index is 1.76. The number of hydrogen-bond donors (Lipinski definition) is 1. The first-order chi connectivity index (χ1) is 8.25. The number of imidazole rings is 1. The third-order valence-corrected chi connectivity index (χ3v) is 3.03. The molecule has 1 N–H and O–H groups in total. The molecule has 5 heteroatoms. The molecule has 0 radical (unpaired) electrons. The monoisotopic (exact) mass is 297 g/mol. The van der Waals surface area contributed by atoms with Crippen molar-refractivity contribution in [2.75, 3.05) is 6.54 Å². The van der Waals surface area contributed by atoms with Crippen molar-refractivity contribution < 1.29 is 4.39 Å². The SMILES string of the molecule is Fc1ccc(CNCCn2ccnc2)cc1Br. The van der Waals surface area contributed by atoms with Crippen molar-refractivity contribution in [3.8, 4) is 0 Å². The first kappa shape index (κ1) is 12.3. The second-order valence-electron chi connectivity index (χ2n) is 3.73. The van der Waals surface area contributed by atoms with E-state index >= 15 is 0 Å². The van der Waals surface area contributed by atoms with Crippen LogP contribution in [0.5, 0.6) is 0 Å². The van der Waals surface area contributed by atoms with Crippen molar-refractivity contribution >= 4 is 15.9 Å². The lowest BCUT2D eigenvalue weighted by atomic mass is 10.2. The van der Waals surface area contributed by atoms with Gasteiger partial charge in [-0.2, -0.15) is 0 Å². The molecule has 1 aromatic heterocycles. The Hall–Kier alpha value is -1.20. The smallest absolute Gasteiger partial charge is 0.137 e. The Morgan fingerprint density at radius 1 is 1.41 bits per heavy atom. The van der Waals surface area contributed by atoms with E-state index in [4.69, 9.17) is 0 Å². The fourth-order valence-corrected chi connectivity index (χ4v) is 1.94. The van der Waals surface area contributed by atoms with Crippen molar-refractivity contribution in [2.24, 2.45) is 0 Å². The standard InChI is InChI=1S/C12H13BrFN3/c13-11-7-10(1-2-12(11)14)8-15-3-5-17-6-4-16-9-17/h1-2,4,6-7,9,15H,3,5,8H2. The van der Waals surface area contributed by atoms with Gasteiger partial charge in [0.2, 0.25) is 0 Å². The largest absolute Gasteiger partial charge is 0.336 e. The van der Waals surface area contributed by atoms with Gasteiger partial charge in [-0.15, -0.1) is 0 Å². The lowest BCUT2D eigenvalue weighted by Crippen LogP contribution is -2.18. The summed E-state index contributed by atoms with van der Waals surface area (Å²) in [4.78, 5) is 3.97. The third-order valence-electron chi connectivity index (χ3n) is 2.42. The molecule has 0 unspecified atom stereocenters. The second kappa shape index (κ2) is 5.93. The maximum Gasteiger partial charge on any atom is 0.137 e. The maximum absolute atomic E-state index is 13.0. The molecule has 0 amide bonds. The highest BCUT2D eigenvalue weighted by molar-refractivity contribution is 9.10. The van der Waals surface area contributed by atoms with Crippen LogP contribution in [0.25, 0.3) is 0 Å². The molecule has 1 heterocycles. The van der Waals surface area contributed by atoms with E-state index in [0.29, 0.717) is 4.47 Å². The number of benzene rings is 1. The van der Waals surface area contributed by atoms with Gasteiger partial charge in [0.25, 0.3) is 0 Å². The number of rotatable bonds is 5. The van der Waals surface area contributed by atoms with Gasteiger partial charge in [-0.25, -0.2) is 9.37 Å². The number of aromatic nitrogens is 2. The molecule has 0 aliphatic rings. The van der Waals surface area contributed by atoms with E-state index in [1.54, 1.807) is 24.7 Å². The first-order valence-corrected chi connectivity index (χ1v) is 6.15. The summed E-state index contributed by atoms with van der Waals surface area (Å²) in [6.07, 6.45) is 5.48. The quantitative estimate of drug-likeness (QED) is 0.860. The molecule has 0 atom stereocenters. The first-order valence-electron chi connectivity index (χ1n) is 5.36. The van der Waals surface area contributed by atoms with Crippen LogP contribution in [0.15, 0.2) is 41.4 Å². The van der Waals surface area contributed by atoms with Gasteiger partial charge < -0.3 is 9.88 Å². The molecular formula is C12H13BrFN3. The van der Waals surface area contributed by atoms with Gasteiger partial charge in [0, 0.05) is 32.0 Å². The summed E-state index contributed by atoms with van der Waals surface area (Å²) in [5.41, 5.74) is 1.06. The summed E-state index contributed by atoms with van der Waals surface area (Å²) in [5.74, 6) is -0.229. The van der Waals surface area contributed by atoms with E-state index in [1.807, 2.05) is 10.8 Å². The molecule has 0 saturated carbocycles. The molecule has 90 valence electrons. The van der Waals surface area contributed by atoms with Gasteiger partial charge in [0.1, 0.15) is 5.82 Å². The molecule has 1 aromatic carbocycles. The van der Waals surface area contributed by atoms with Gasteiger partial charge in [0.15, 0.2) is 0 Å². The Bertz CT molecular complexity index is 471. The van der Waals surface area contributed by atoms with Crippen LogP contribution in [0.3, 0.4) is 0 Å². The fraction of sp³-hybridized carbons (Fsp3) is 0.250. The average molecular weight is 298 g/mol. The molecule has 17 heavy (non-hydrogen) atoms. The summed E-state index contributed by atoms with van der Waals surface area (Å²) >= 11 is 3.17. The molecule has 2 rings (SSSR count). The fourth-order valence-electron chi connectivity index (χ4n) is 1.51. The Morgan fingerprint density at radius 2 is 2.29 bits per heavy atom. The third kappa shape index (κ3) is 3.64. The Labute approximate surface area is 108 Å². The Morgan fingerprint density at radius 3 is 3.00 bits per heavy atom. The van der Waals surface area contributed by atoms with Gasteiger partial charge in [-0.1, -0.05) is 6.07 Å². The second-order valence-corrected chi connectivity index (χ2v) is 4.58. The van der Waals surface area contributed by atoms with E-state index in [9.17, 15) is 4.39 Å². The van der Waals surface area contributed by atoms with Gasteiger partial charge in [-0.3, -0.25) is 0 Å². The summed E-state index contributed by atoms with van der Waals surface area (Å²) < 4.78 is 15.5. The topological polar surface area (TPSA) is 29.9 Å². The van der Waals surface area contributed by atoms with E-state index in [1.165, 1.54) is 6.07 Å². The average Bonchev–Trinajstić information content (AvgIpc) is 2.82. The van der Waals surface area contributed by atoms with Crippen LogP contribution < -0.4 is 5.32 Å². The molecule has 0 fully saturated rings. The van der Waals surface area contributed by atoms with Crippen molar-refractivity contribution in [1.82, 2.24) is 14.9 Å². The number of nitrogens with zero attached hydrogens (tertiary/aromatic N) is 2. The van der Waals surface area contributed by atoms with E-state index in [0.717, 1.165) is 25.2 Å². The minimum absolute atomic E-state index is 0.229. The summed E-state index contributed by atoms with van der Waals surface area (Å²) in [6, 6.07) is 5.04. The van der Waals surface area contributed by atoms with E-state index < -0.39 is 0 Å². The van der Waals surface area contributed by atoms with Crippen molar-refractivity contribution in [3.63, 3.8) is 0 Å². The summed E-state index contributed by atoms with van der Waals surface area (Å²) in [5, 5.41) is 3.29. The Kier molecular flexibility index (Phi) is 4.28. The molecule has 0 saturated heterocycles. The maximum atomic E-state index is 13.0. The van der Waals surface area contributed by atoms with Crippen LogP contribution in [0.1, 0.15) is 5.56 Å². The van der Waals surface area contributed by atoms with Crippen LogP contribution in [0, 0.1) is 5.82 Å². The lowest BCUT2D eigenvalue weighted by Gasteiger charge is -2.06. The lowest BCUT2D eigenvalue weighted by molar-refractivity contribution is 0.594. The molecule has 2 aromatic rings. The zero-order chi connectivity index (χ0) is 12.1. The molecule has 0 aliphatic heterocycles. The molecule has 3 nitrogen and oxygen atoms in total. The molecular weight excluding hydrogens is 285 g/mol. The highest BCUT2D eigenvalue weighted by atomic mass is 79.9. The zero-order valence-corrected chi connectivity index (χ0v) is 10.8. The number of hydrogen-bond acceptors (Lipinski definition) is 2. The highest BCUT2D eigenvalue weighted by Crippen LogP contribution is 2.16. The molecule has 0 spiro atoms. The van der Waals surface area contributed by atoms with Crippen LogP contribution in [0.4, 0.5) is 4.39 Å². The van der Waals surface area contributed by atoms with Crippen LogP contribution in [0.2, 0.25) is 0 Å². The van der Waals surface area contributed by atoms with E-state index in [2.05, 4.69) is 26.2 Å². The van der Waals surface area contributed by atoms with Crippen LogP contribution >= 0.6 is 15.9 Å². The minimum atomic E-state index is -0.229. The highest BCUT2D eigenvalue weighted by Gasteiger charge is 1.99. The van der Waals surface area contributed by atoms with E-state index in [-0.39, 0.29) is 5.82 Å². The van der Waals surface area contributed by atoms with Crippen LogP contribution in [-0.2, 0) is 13.1 Å². The van der Waals surface area contributed by atoms with Gasteiger partial charge in [-0.05, 0) is 33.6 Å². The number of nitrogens with one attached hydrogen (secondary N) is 1. The van der Waals surface area contributed by atoms with Crippen molar-refractivity contribution in [1.29, 1.82) is 0 Å². The van der Waals surface area contributed by atoms with Gasteiger partial charge >= 0.3 is 0 Å². The zero-order valence-electron chi connectivity index (χ0n) is 9.24. The van der Waals surface area contributed by atoms with Gasteiger partial charge in [0.05, 0.1) is 10.8 Å². The predicted molar refractivity (Wildman–Crippen MR) is 68.0 cm³/mol. The predicted octanol–water partition coefficient (Wildman–Crippen LogP) is 2.57. The number of halogens is 2. The molecule has 0 aliphatic carbocycles. The van der Waals surface area contributed by atoms with Crippen molar-refractivity contribution in [2.45, 2.75) is 13.1 Å². The summed E-state index contributed by atoms with van der Waals surface area (Å²) in [6.45, 7) is 2.46. The minimum Gasteiger partial charge on any atom is -0.336 e. The van der Waals surface area contributed by atoms with Crippen molar-refractivity contribution in [3.05, 3.63) is 52.8 Å². The van der Waals surface area contributed by atoms with Crippen LogP contribution in [-0.4, -0.2) is 16.1 Å². The molecule has 0 bridgehead atoms. The summed E-state index contributed by atoms with van der Waals surface area (Å²) in [7, 11) is 0. The normalized spacial score (nSPS) is 10.7.